The third kappa shape index (κ3) is 37.7. The van der Waals surface area contributed by atoms with Crippen molar-refractivity contribution in [3.05, 3.63) is 0 Å². The molecule has 0 radical (unpaired) electrons. The molecule has 5 heteroatoms. The molecule has 30 valence electrons. The van der Waals surface area contributed by atoms with Gasteiger partial charge in [-0.2, -0.15) is 0 Å². The Morgan fingerprint density at radius 1 is 1.00 bits per heavy atom. The fourth-order valence-electron chi connectivity index (χ4n) is 0. The van der Waals surface area contributed by atoms with Crippen LogP contribution in [0.25, 0.3) is 0 Å². The van der Waals surface area contributed by atoms with Crippen LogP contribution >= 0.6 is 0 Å². The standard InChI is InChI=1S/CH4O.BH4.2Na.H2O/c1-2;;;;/h2H,1H3;1H4;;;1H2/q;-1;2*+1;/p-1. The molecule has 0 saturated carbocycles. The first kappa shape index (κ1) is 43.7. The zero-order valence-corrected chi connectivity index (χ0v) is 7.89. The molecule has 0 aliphatic heterocycles. The van der Waals surface area contributed by atoms with Crippen LogP contribution in [-0.2, 0) is 0 Å². The maximum absolute atomic E-state index is 7.00. The zero-order valence-electron chi connectivity index (χ0n) is 3.89. The summed E-state index contributed by atoms with van der Waals surface area (Å²) in [6.45, 7) is 0. The quantitative estimate of drug-likeness (QED) is 0.315. The van der Waals surface area contributed by atoms with Gasteiger partial charge in [-0.15, -0.1) is 0 Å². The van der Waals surface area contributed by atoms with Gasteiger partial charge in [-0.25, -0.2) is 0 Å². The van der Waals surface area contributed by atoms with Crippen molar-refractivity contribution < 1.29 is 69.7 Å². The van der Waals surface area contributed by atoms with Gasteiger partial charge < -0.3 is 10.6 Å². The number of hydrogen-bond donors (Lipinski definition) is 1. The molecule has 0 rings (SSSR count). The van der Waals surface area contributed by atoms with Crippen LogP contribution < -0.4 is 59.1 Å². The summed E-state index contributed by atoms with van der Waals surface area (Å²) in [4.78, 5) is 0. The Morgan fingerprint density at radius 2 is 1.00 bits per heavy atom. The molecule has 2 N–H and O–H groups in total. The molecular weight excluding hydrogens is 101 g/mol. The van der Waals surface area contributed by atoms with Crippen molar-refractivity contribution >= 4 is 8.41 Å². The van der Waals surface area contributed by atoms with Crippen LogP contribution in [0.1, 0.15) is 0 Å². The van der Waals surface area contributed by atoms with E-state index in [1.54, 1.807) is 0 Å². The summed E-state index contributed by atoms with van der Waals surface area (Å²) in [6, 6.07) is 0. The first-order valence-electron chi connectivity index (χ1n) is 0.447. The molecule has 0 fully saturated rings. The number of aliphatic hydroxyl groups excluding tert-OH is 1. The fourth-order valence-corrected chi connectivity index (χ4v) is 0. The molecule has 0 unspecified atom stereocenters. The van der Waals surface area contributed by atoms with Gasteiger partial charge >= 0.3 is 59.1 Å². The molecule has 0 aromatic heterocycles. The predicted octanol–water partition coefficient (Wildman–Crippen LogP) is -8.01. The van der Waals surface area contributed by atoms with E-state index in [4.69, 9.17) is 5.11 Å². The molecule has 0 atom stereocenters. The van der Waals surface area contributed by atoms with E-state index in [0.717, 1.165) is 7.11 Å². The van der Waals surface area contributed by atoms with Crippen molar-refractivity contribution in [3.8, 4) is 0 Å². The van der Waals surface area contributed by atoms with Gasteiger partial charge in [0, 0.05) is 7.11 Å². The maximum Gasteiger partial charge on any atom is 1.00 e. The van der Waals surface area contributed by atoms with Crippen LogP contribution in [0.4, 0.5) is 0 Å². The third-order valence-electron chi connectivity index (χ3n) is 0. The minimum absolute atomic E-state index is 0. The Hall–Kier alpha value is 1.98. The molecular formula is CH9BNa2O2. The van der Waals surface area contributed by atoms with Gasteiger partial charge in [0.15, 0.2) is 0 Å². The first-order valence-corrected chi connectivity index (χ1v) is 0.447. The smallest absolute Gasteiger partial charge is 0.870 e. The van der Waals surface area contributed by atoms with Crippen LogP contribution in [0.15, 0.2) is 0 Å². The van der Waals surface area contributed by atoms with Gasteiger partial charge in [-0.05, 0) is 0 Å². The van der Waals surface area contributed by atoms with E-state index in [9.17, 15) is 0 Å². The molecule has 0 aromatic carbocycles. The second-order valence-corrected chi connectivity index (χ2v) is 0. The molecule has 0 aromatic rings. The molecule has 0 aliphatic carbocycles. The Kier molecular flexibility index (Phi) is 463. The van der Waals surface area contributed by atoms with Crippen molar-refractivity contribution in [2.24, 2.45) is 0 Å². The van der Waals surface area contributed by atoms with Crippen molar-refractivity contribution in [2.75, 3.05) is 7.11 Å². The summed E-state index contributed by atoms with van der Waals surface area (Å²) in [5.74, 6) is 0. The molecule has 0 saturated heterocycles. The van der Waals surface area contributed by atoms with E-state index in [1.165, 1.54) is 0 Å². The number of hydrogen-bond acceptors (Lipinski definition) is 2. The number of aliphatic hydroxyl groups is 1. The van der Waals surface area contributed by atoms with Crippen LogP contribution in [0.3, 0.4) is 0 Å². The van der Waals surface area contributed by atoms with Gasteiger partial charge in [0.1, 0.15) is 0 Å². The minimum Gasteiger partial charge on any atom is -0.870 e. The molecule has 2 nitrogen and oxygen atoms in total. The molecule has 0 heterocycles. The minimum atomic E-state index is 0. The van der Waals surface area contributed by atoms with Gasteiger partial charge in [0.25, 0.3) is 0 Å². The Bertz CT molecular complexity index is 11.5. The van der Waals surface area contributed by atoms with Crippen LogP contribution in [-0.4, -0.2) is 26.1 Å². The molecule has 6 heavy (non-hydrogen) atoms. The van der Waals surface area contributed by atoms with Gasteiger partial charge in [-0.1, -0.05) is 8.41 Å². The normalized spacial score (nSPS) is 1.00. The van der Waals surface area contributed by atoms with Gasteiger partial charge in [-0.3, -0.25) is 0 Å². The molecule has 0 aliphatic rings. The summed E-state index contributed by atoms with van der Waals surface area (Å²) in [5.41, 5.74) is 0. The second-order valence-electron chi connectivity index (χ2n) is 0. The Morgan fingerprint density at radius 3 is 1.00 bits per heavy atom. The van der Waals surface area contributed by atoms with E-state index in [-0.39, 0.29) is 73.0 Å². The fraction of sp³-hybridized carbons (Fsp3) is 1.00. The van der Waals surface area contributed by atoms with E-state index in [1.807, 2.05) is 0 Å². The molecule has 0 spiro atoms. The Balaban J connectivity index is -0.000000000833. The SMILES string of the molecule is CO.[BH4-].[Na+].[Na+].[OH-]. The van der Waals surface area contributed by atoms with Gasteiger partial charge in [0.05, 0.1) is 0 Å². The van der Waals surface area contributed by atoms with Crippen LogP contribution in [0.5, 0.6) is 0 Å². The largest absolute Gasteiger partial charge is 1.00 e. The number of rotatable bonds is 0. The van der Waals surface area contributed by atoms with E-state index in [2.05, 4.69) is 0 Å². The van der Waals surface area contributed by atoms with Crippen molar-refractivity contribution in [2.45, 2.75) is 0 Å². The topological polar surface area (TPSA) is 50.2 Å². The third-order valence-corrected chi connectivity index (χ3v) is 0. The monoisotopic (exact) mass is 110 g/mol. The van der Waals surface area contributed by atoms with Crippen molar-refractivity contribution in [1.82, 2.24) is 0 Å². The predicted molar refractivity (Wildman–Crippen MR) is 21.4 cm³/mol. The van der Waals surface area contributed by atoms with E-state index in [0.29, 0.717) is 0 Å². The zero-order chi connectivity index (χ0) is 2.00. The summed E-state index contributed by atoms with van der Waals surface area (Å²) in [6.07, 6.45) is 0. The molecule has 0 amide bonds. The summed E-state index contributed by atoms with van der Waals surface area (Å²) >= 11 is 0. The Labute approximate surface area is 84.2 Å². The van der Waals surface area contributed by atoms with E-state index < -0.39 is 0 Å². The van der Waals surface area contributed by atoms with Crippen LogP contribution in [0, 0.1) is 0 Å². The van der Waals surface area contributed by atoms with Crippen molar-refractivity contribution in [1.29, 1.82) is 0 Å². The summed E-state index contributed by atoms with van der Waals surface area (Å²) < 4.78 is 0. The van der Waals surface area contributed by atoms with E-state index >= 15 is 0 Å². The average Bonchev–Trinajstić information content (AvgIpc) is 1.00. The second kappa shape index (κ2) is 63.5. The molecule has 0 bridgehead atoms. The van der Waals surface area contributed by atoms with Crippen molar-refractivity contribution in [3.63, 3.8) is 0 Å². The summed E-state index contributed by atoms with van der Waals surface area (Å²) in [7, 11) is 1.00. The average molecular weight is 110 g/mol. The van der Waals surface area contributed by atoms with Crippen LogP contribution in [0.2, 0.25) is 0 Å². The maximum atomic E-state index is 7.00. The summed E-state index contributed by atoms with van der Waals surface area (Å²) in [5, 5.41) is 7.00. The first-order chi connectivity index (χ1) is 1.00. The van der Waals surface area contributed by atoms with Gasteiger partial charge in [0.2, 0.25) is 0 Å².